The van der Waals surface area contributed by atoms with E-state index in [-0.39, 0.29) is 24.7 Å². The van der Waals surface area contributed by atoms with Crippen LogP contribution in [-0.4, -0.2) is 50.2 Å². The maximum atomic E-state index is 13.1. The van der Waals surface area contributed by atoms with Gasteiger partial charge in [-0.25, -0.2) is 0 Å². The first-order valence-electron chi connectivity index (χ1n) is 14.9. The molecule has 0 atom stereocenters. The number of carbonyl (C=O) groups is 4. The van der Waals surface area contributed by atoms with Crippen LogP contribution in [0.2, 0.25) is 20.1 Å². The summed E-state index contributed by atoms with van der Waals surface area (Å²) in [6.45, 7) is 3.46. The van der Waals surface area contributed by atoms with Gasteiger partial charge in [0.15, 0.2) is 0 Å². The van der Waals surface area contributed by atoms with Crippen LogP contribution in [0.5, 0.6) is 5.75 Å². The molecular formula is C37H28Cl4N2O7. The summed E-state index contributed by atoms with van der Waals surface area (Å²) in [6, 6.07) is 21.7. The number of halogens is 4. The van der Waals surface area contributed by atoms with E-state index in [4.69, 9.17) is 56.2 Å². The van der Waals surface area contributed by atoms with Crippen LogP contribution >= 0.6 is 46.4 Å². The first-order valence-corrected chi connectivity index (χ1v) is 16.4. The van der Waals surface area contributed by atoms with Gasteiger partial charge in [0.1, 0.15) is 5.75 Å². The van der Waals surface area contributed by atoms with E-state index in [1.807, 2.05) is 12.1 Å². The quantitative estimate of drug-likeness (QED) is 0.166. The number of benzene rings is 4. The lowest BCUT2D eigenvalue weighted by molar-refractivity contribution is -0.137. The van der Waals surface area contributed by atoms with Gasteiger partial charge in [-0.05, 0) is 85.6 Å². The normalized spacial score (nSPS) is 10.9. The highest BCUT2D eigenvalue weighted by Gasteiger charge is 2.23. The van der Waals surface area contributed by atoms with Gasteiger partial charge in [0.05, 0.1) is 31.0 Å². The number of hydrogen-bond donors (Lipinski definition) is 2. The molecule has 9 nitrogen and oxygen atoms in total. The van der Waals surface area contributed by atoms with Crippen molar-refractivity contribution < 1.29 is 34.1 Å². The summed E-state index contributed by atoms with van der Waals surface area (Å²) in [6.07, 6.45) is -0.352. The monoisotopic (exact) mass is 752 g/mol. The fraction of sp³-hybridized carbons (Fsp3) is 0.135. The number of para-hydroxylation sites is 1. The maximum Gasteiger partial charge on any atom is 0.307 e. The average molecular weight is 754 g/mol. The van der Waals surface area contributed by atoms with Crippen LogP contribution in [0.25, 0.3) is 21.8 Å². The van der Waals surface area contributed by atoms with Gasteiger partial charge in [-0.15, -0.1) is 0 Å². The third-order valence-corrected chi connectivity index (χ3v) is 8.94. The van der Waals surface area contributed by atoms with Crippen LogP contribution in [0, 0.1) is 13.8 Å². The fourth-order valence-corrected chi connectivity index (χ4v) is 6.96. The van der Waals surface area contributed by atoms with Gasteiger partial charge in [-0.1, -0.05) is 64.6 Å². The number of rotatable bonds is 7. The van der Waals surface area contributed by atoms with Crippen molar-refractivity contribution in [2.75, 3.05) is 7.11 Å². The Morgan fingerprint density at radius 3 is 1.46 bits per heavy atom. The van der Waals surface area contributed by atoms with Gasteiger partial charge in [0, 0.05) is 53.4 Å². The van der Waals surface area contributed by atoms with Crippen LogP contribution in [-0.2, 0) is 22.4 Å². The zero-order valence-corrected chi connectivity index (χ0v) is 29.8. The van der Waals surface area contributed by atoms with Crippen LogP contribution in [0.3, 0.4) is 0 Å². The Morgan fingerprint density at radius 1 is 0.600 bits per heavy atom. The lowest BCUT2D eigenvalue weighted by atomic mass is 10.1. The standard InChI is InChI=1S/C19H15Cl2NO4.C18H13Cl2NO3/c1-10-15(9-18(23)24)16-8-14(26-2)3-4-17(16)22(10)19(25)11-5-12(20)7-13(21)6-11;1-10-15(9-17(22)23)14-4-2-3-5-16(14)21(10)18(24)11-6-12(19)8-13(20)7-11/h3-8H,9H2,1-2H3,(H,23,24);2-8H,9H2,1H3,(H,22,23). The second-order valence-electron chi connectivity index (χ2n) is 11.3. The summed E-state index contributed by atoms with van der Waals surface area (Å²) in [4.78, 5) is 48.6. The summed E-state index contributed by atoms with van der Waals surface area (Å²) < 4.78 is 8.22. The first-order chi connectivity index (χ1) is 23.7. The molecule has 0 fully saturated rings. The Balaban J connectivity index is 0.000000195. The molecule has 6 rings (SSSR count). The molecule has 0 saturated carbocycles. The predicted octanol–water partition coefficient (Wildman–Crippen LogP) is 9.15. The zero-order chi connectivity index (χ0) is 36.4. The number of ether oxygens (including phenoxy) is 1. The Bertz CT molecular complexity index is 2300. The topological polar surface area (TPSA) is 128 Å². The van der Waals surface area contributed by atoms with Crippen molar-refractivity contribution in [3.05, 3.63) is 133 Å². The van der Waals surface area contributed by atoms with Crippen LogP contribution in [0.15, 0.2) is 78.9 Å². The number of hydrogen-bond acceptors (Lipinski definition) is 5. The summed E-state index contributed by atoms with van der Waals surface area (Å²) in [7, 11) is 1.53. The molecule has 2 N–H and O–H groups in total. The second kappa shape index (κ2) is 15.0. The van der Waals surface area contributed by atoms with E-state index >= 15 is 0 Å². The number of nitrogens with zero attached hydrogens (tertiary/aromatic N) is 2. The Kier molecular flexibility index (Phi) is 10.9. The maximum absolute atomic E-state index is 13.1. The predicted molar refractivity (Wildman–Crippen MR) is 195 cm³/mol. The molecule has 2 aromatic heterocycles. The third kappa shape index (κ3) is 7.51. The highest BCUT2D eigenvalue weighted by molar-refractivity contribution is 6.36. The van der Waals surface area contributed by atoms with Crippen LogP contribution in [0.1, 0.15) is 43.2 Å². The molecule has 0 amide bonds. The van der Waals surface area contributed by atoms with Gasteiger partial charge in [-0.3, -0.25) is 28.3 Å². The minimum absolute atomic E-state index is 0.150. The lowest BCUT2D eigenvalue weighted by Crippen LogP contribution is -2.14. The summed E-state index contributed by atoms with van der Waals surface area (Å²) >= 11 is 24.0. The molecule has 0 unspecified atom stereocenters. The molecule has 6 aromatic rings. The van der Waals surface area contributed by atoms with Crippen molar-refractivity contribution in [1.82, 2.24) is 9.13 Å². The number of aliphatic carboxylic acids is 2. The molecule has 2 heterocycles. The van der Waals surface area contributed by atoms with Gasteiger partial charge in [0.2, 0.25) is 0 Å². The SMILES string of the molecule is COc1ccc2c(c1)c(CC(=O)O)c(C)n2C(=O)c1cc(Cl)cc(Cl)c1.Cc1c(CC(=O)O)c2ccccc2n1C(=O)c1cc(Cl)cc(Cl)c1. The lowest BCUT2D eigenvalue weighted by Gasteiger charge is -2.09. The van der Waals surface area contributed by atoms with Gasteiger partial charge >= 0.3 is 11.9 Å². The fourth-order valence-electron chi connectivity index (χ4n) is 5.91. The molecule has 0 saturated heterocycles. The van der Waals surface area contributed by atoms with E-state index < -0.39 is 11.9 Å². The van der Waals surface area contributed by atoms with Gasteiger partial charge in [-0.2, -0.15) is 0 Å². The largest absolute Gasteiger partial charge is 0.497 e. The molecule has 0 aliphatic carbocycles. The Hall–Kier alpha value is -4.80. The van der Waals surface area contributed by atoms with Crippen molar-refractivity contribution in [3.63, 3.8) is 0 Å². The van der Waals surface area contributed by atoms with Gasteiger partial charge < -0.3 is 14.9 Å². The Labute approximate surface area is 306 Å². The minimum atomic E-state index is -0.979. The highest BCUT2D eigenvalue weighted by atomic mass is 35.5. The number of aromatic nitrogens is 2. The summed E-state index contributed by atoms with van der Waals surface area (Å²) in [5, 5.41) is 21.3. The smallest absolute Gasteiger partial charge is 0.307 e. The van der Waals surface area contributed by atoms with Crippen molar-refractivity contribution in [2.24, 2.45) is 0 Å². The Morgan fingerprint density at radius 2 is 1.02 bits per heavy atom. The van der Waals surface area contributed by atoms with E-state index in [1.54, 1.807) is 68.4 Å². The highest BCUT2D eigenvalue weighted by Crippen LogP contribution is 2.32. The molecule has 50 heavy (non-hydrogen) atoms. The molecule has 13 heteroatoms. The van der Waals surface area contributed by atoms with Crippen molar-refractivity contribution in [2.45, 2.75) is 26.7 Å². The number of carboxylic acid groups (broad SMARTS) is 2. The van der Waals surface area contributed by atoms with E-state index in [0.717, 1.165) is 5.39 Å². The average Bonchev–Trinajstić information content (AvgIpc) is 3.48. The van der Waals surface area contributed by atoms with E-state index in [9.17, 15) is 24.3 Å². The molecule has 0 spiro atoms. The van der Waals surface area contributed by atoms with Crippen molar-refractivity contribution in [1.29, 1.82) is 0 Å². The number of methoxy groups -OCH3 is 1. The zero-order valence-electron chi connectivity index (χ0n) is 26.8. The van der Waals surface area contributed by atoms with Crippen molar-refractivity contribution >= 4 is 92.0 Å². The molecule has 0 aliphatic heterocycles. The summed E-state index contributed by atoms with van der Waals surface area (Å²) in [5.41, 5.74) is 4.26. The number of carboxylic acids is 2. The van der Waals surface area contributed by atoms with E-state index in [1.165, 1.54) is 28.4 Å². The van der Waals surface area contributed by atoms with E-state index in [2.05, 4.69) is 0 Å². The minimum Gasteiger partial charge on any atom is -0.497 e. The summed E-state index contributed by atoms with van der Waals surface area (Å²) in [5.74, 6) is -1.98. The first kappa shape index (κ1) is 36.5. The second-order valence-corrected chi connectivity index (χ2v) is 13.0. The van der Waals surface area contributed by atoms with Crippen LogP contribution in [0.4, 0.5) is 0 Å². The molecular weight excluding hydrogens is 726 g/mol. The van der Waals surface area contributed by atoms with Gasteiger partial charge in [0.25, 0.3) is 11.8 Å². The molecule has 0 bridgehead atoms. The molecule has 256 valence electrons. The molecule has 0 radical (unpaired) electrons. The number of carbonyl (C=O) groups excluding carboxylic acids is 2. The molecule has 4 aromatic carbocycles. The number of fused-ring (bicyclic) bond motifs is 2. The van der Waals surface area contributed by atoms with Crippen LogP contribution < -0.4 is 4.74 Å². The van der Waals surface area contributed by atoms with Crippen molar-refractivity contribution in [3.8, 4) is 5.75 Å². The third-order valence-electron chi connectivity index (χ3n) is 8.07. The molecule has 0 aliphatic rings. The van der Waals surface area contributed by atoms with E-state index in [0.29, 0.717) is 75.9 Å².